The standard InChI is InChI=1S/C69H123NO10/c1-4-7-10-13-16-19-22-25-27-29-30-31-32-33-34-35-37-39-42-45-48-51-54-57-64(74)80-67-66(76)65(75)63(58-71)79-69(67)78-59-60(61(72)55-52-49-46-43-40-24-21-18-15-12-9-6-3)70-68(77)62(73)56-53-50-47-44-41-38-36-28-26-23-20-17-14-11-8-5-2/h17,20,25-28,38,41,47,50,52,55,60-63,65-67,69,71-73,75-76H,4-16,18-19,21-24,29-37,39-40,42-46,48-49,51,53-54,56-59H2,1-3H3,(H,70,77)/b20-17-,27-25+,28-26-,41-38-,50-47-,55-52+. The summed E-state index contributed by atoms with van der Waals surface area (Å²) in [5, 5.41) is 57.0. The number of hydrogen-bond donors (Lipinski definition) is 6. The molecule has 0 saturated carbocycles. The van der Waals surface area contributed by atoms with Crippen molar-refractivity contribution in [3.8, 4) is 0 Å². The molecule has 0 aromatic carbocycles. The molecule has 0 radical (unpaired) electrons. The summed E-state index contributed by atoms with van der Waals surface area (Å²) in [7, 11) is 0. The first-order valence-electron chi connectivity index (χ1n) is 33.2. The van der Waals surface area contributed by atoms with E-state index in [1.54, 1.807) is 6.08 Å². The molecule has 8 unspecified atom stereocenters. The maximum atomic E-state index is 13.4. The third-order valence-electron chi connectivity index (χ3n) is 15.3. The fourth-order valence-electron chi connectivity index (χ4n) is 10.0. The number of aliphatic hydroxyl groups excluding tert-OH is 5. The highest BCUT2D eigenvalue weighted by molar-refractivity contribution is 5.80. The molecule has 11 heteroatoms. The summed E-state index contributed by atoms with van der Waals surface area (Å²) in [6.45, 7) is 5.74. The van der Waals surface area contributed by atoms with E-state index in [2.05, 4.69) is 74.7 Å². The largest absolute Gasteiger partial charge is 0.454 e. The van der Waals surface area contributed by atoms with Crippen molar-refractivity contribution >= 4 is 11.9 Å². The predicted octanol–water partition coefficient (Wildman–Crippen LogP) is 16.3. The number of allylic oxidation sites excluding steroid dienone is 11. The summed E-state index contributed by atoms with van der Waals surface area (Å²) in [5.74, 6) is -1.25. The zero-order chi connectivity index (χ0) is 58.2. The van der Waals surface area contributed by atoms with Gasteiger partial charge in [0.15, 0.2) is 12.4 Å². The summed E-state index contributed by atoms with van der Waals surface area (Å²) in [6, 6.07) is -1.05. The molecule has 11 nitrogen and oxygen atoms in total. The molecule has 464 valence electrons. The summed E-state index contributed by atoms with van der Waals surface area (Å²) < 4.78 is 17.6. The van der Waals surface area contributed by atoms with Crippen molar-refractivity contribution in [2.45, 2.75) is 339 Å². The summed E-state index contributed by atoms with van der Waals surface area (Å²) in [5.41, 5.74) is 0. The second-order valence-electron chi connectivity index (χ2n) is 22.8. The lowest BCUT2D eigenvalue weighted by Gasteiger charge is -2.41. The van der Waals surface area contributed by atoms with Crippen LogP contribution in [-0.4, -0.2) is 99.6 Å². The quantitative estimate of drug-likeness (QED) is 0.0195. The highest BCUT2D eigenvalue weighted by Gasteiger charge is 2.47. The molecule has 1 amide bonds. The lowest BCUT2D eigenvalue weighted by Crippen LogP contribution is -2.61. The average Bonchev–Trinajstić information content (AvgIpc) is 3.46. The van der Waals surface area contributed by atoms with E-state index in [1.165, 1.54) is 173 Å². The SMILES string of the molecule is CCCCC/C=C\C/C=C\C/C=C\C/C=C\CCC(O)C(=O)NC(COC1OC(CO)C(O)C(O)C1OC(=O)CCCCCCCCCCCCCCC/C=C/CCCCCCCC)C(O)/C=C/CCCCCCCCCCCC. The number of nitrogens with one attached hydrogen (secondary N) is 1. The van der Waals surface area contributed by atoms with Gasteiger partial charge in [-0.2, -0.15) is 0 Å². The first-order chi connectivity index (χ1) is 39.2. The minimum absolute atomic E-state index is 0.116. The Morgan fingerprint density at radius 3 is 1.32 bits per heavy atom. The van der Waals surface area contributed by atoms with Gasteiger partial charge in [0.05, 0.1) is 25.4 Å². The fraction of sp³-hybridized carbons (Fsp3) is 0.797. The maximum absolute atomic E-state index is 13.4. The topological polar surface area (TPSA) is 175 Å². The summed E-state index contributed by atoms with van der Waals surface area (Å²) in [6.07, 6.45) is 62.4. The second-order valence-corrected chi connectivity index (χ2v) is 22.8. The van der Waals surface area contributed by atoms with Crippen molar-refractivity contribution in [3.05, 3.63) is 72.9 Å². The van der Waals surface area contributed by atoms with E-state index in [0.717, 1.165) is 70.6 Å². The fourth-order valence-corrected chi connectivity index (χ4v) is 10.0. The van der Waals surface area contributed by atoms with Crippen LogP contribution < -0.4 is 5.32 Å². The first kappa shape index (κ1) is 75.1. The Morgan fingerprint density at radius 2 is 0.863 bits per heavy atom. The summed E-state index contributed by atoms with van der Waals surface area (Å²) in [4.78, 5) is 26.6. The van der Waals surface area contributed by atoms with Crippen molar-refractivity contribution in [3.63, 3.8) is 0 Å². The molecule has 0 aromatic heterocycles. The molecule has 0 bridgehead atoms. The number of carbonyl (C=O) groups excluding carboxylic acids is 2. The van der Waals surface area contributed by atoms with E-state index < -0.39 is 67.4 Å². The molecule has 8 atom stereocenters. The minimum Gasteiger partial charge on any atom is -0.454 e. The third-order valence-corrected chi connectivity index (χ3v) is 15.3. The highest BCUT2D eigenvalue weighted by Crippen LogP contribution is 2.26. The minimum atomic E-state index is -1.62. The van der Waals surface area contributed by atoms with Gasteiger partial charge in [-0.25, -0.2) is 0 Å². The number of aliphatic hydroxyl groups is 5. The Labute approximate surface area is 490 Å². The smallest absolute Gasteiger partial charge is 0.306 e. The van der Waals surface area contributed by atoms with Gasteiger partial charge in [0, 0.05) is 6.42 Å². The van der Waals surface area contributed by atoms with Gasteiger partial charge in [0.2, 0.25) is 5.91 Å². The van der Waals surface area contributed by atoms with E-state index in [4.69, 9.17) is 14.2 Å². The molecular formula is C69H123NO10. The number of esters is 1. The molecule has 1 aliphatic heterocycles. The molecule has 1 aliphatic rings. The maximum Gasteiger partial charge on any atom is 0.306 e. The molecule has 0 spiro atoms. The number of rotatable bonds is 56. The van der Waals surface area contributed by atoms with E-state index in [1.807, 2.05) is 18.2 Å². The number of amides is 1. The van der Waals surface area contributed by atoms with E-state index >= 15 is 0 Å². The zero-order valence-corrected chi connectivity index (χ0v) is 51.4. The molecule has 1 heterocycles. The van der Waals surface area contributed by atoms with Crippen LogP contribution in [0.1, 0.15) is 290 Å². The molecule has 6 N–H and O–H groups in total. The first-order valence-corrected chi connectivity index (χ1v) is 33.2. The second kappa shape index (κ2) is 56.6. The van der Waals surface area contributed by atoms with Crippen molar-refractivity contribution in [2.75, 3.05) is 13.2 Å². The molecule has 1 rings (SSSR count). The van der Waals surface area contributed by atoms with Crippen LogP contribution in [0.4, 0.5) is 0 Å². The zero-order valence-electron chi connectivity index (χ0n) is 51.4. The van der Waals surface area contributed by atoms with Crippen LogP contribution >= 0.6 is 0 Å². The average molecular weight is 1130 g/mol. The monoisotopic (exact) mass is 1130 g/mol. The van der Waals surface area contributed by atoms with Gasteiger partial charge in [-0.15, -0.1) is 0 Å². The van der Waals surface area contributed by atoms with Crippen molar-refractivity contribution in [2.24, 2.45) is 0 Å². The lowest BCUT2D eigenvalue weighted by molar-refractivity contribution is -0.305. The third kappa shape index (κ3) is 43.7. The van der Waals surface area contributed by atoms with Crippen LogP contribution in [0.3, 0.4) is 0 Å². The lowest BCUT2D eigenvalue weighted by atomic mass is 9.99. The molecular weight excluding hydrogens is 1000 g/mol. The normalized spacial score (nSPS) is 19.2. The number of carbonyl (C=O) groups is 2. The Hall–Kier alpha value is -2.90. The van der Waals surface area contributed by atoms with E-state index in [-0.39, 0.29) is 19.4 Å². The molecule has 0 aromatic rings. The summed E-state index contributed by atoms with van der Waals surface area (Å²) >= 11 is 0. The Bertz CT molecular complexity index is 1580. The van der Waals surface area contributed by atoms with Crippen LogP contribution in [0, 0.1) is 0 Å². The van der Waals surface area contributed by atoms with Crippen LogP contribution in [0.2, 0.25) is 0 Å². The molecule has 1 fully saturated rings. The number of ether oxygens (including phenoxy) is 3. The van der Waals surface area contributed by atoms with E-state index in [0.29, 0.717) is 12.8 Å². The van der Waals surface area contributed by atoms with Crippen molar-refractivity contribution in [1.29, 1.82) is 0 Å². The Kier molecular flexibility index (Phi) is 53.1. The number of unbranched alkanes of at least 4 members (excludes halogenated alkanes) is 32. The van der Waals surface area contributed by atoms with Gasteiger partial charge < -0.3 is 45.1 Å². The van der Waals surface area contributed by atoms with Crippen LogP contribution in [-0.2, 0) is 23.8 Å². The van der Waals surface area contributed by atoms with Crippen LogP contribution in [0.5, 0.6) is 0 Å². The van der Waals surface area contributed by atoms with Gasteiger partial charge >= 0.3 is 5.97 Å². The van der Waals surface area contributed by atoms with Crippen molar-refractivity contribution in [1.82, 2.24) is 5.32 Å². The Morgan fingerprint density at radius 1 is 0.487 bits per heavy atom. The van der Waals surface area contributed by atoms with Gasteiger partial charge in [-0.1, -0.05) is 267 Å². The highest BCUT2D eigenvalue weighted by atomic mass is 16.7. The van der Waals surface area contributed by atoms with Gasteiger partial charge in [-0.3, -0.25) is 9.59 Å². The predicted molar refractivity (Wildman–Crippen MR) is 333 cm³/mol. The molecule has 80 heavy (non-hydrogen) atoms. The van der Waals surface area contributed by atoms with Crippen LogP contribution in [0.15, 0.2) is 72.9 Å². The molecule has 0 aliphatic carbocycles. The Balaban J connectivity index is 2.64. The number of hydrogen-bond acceptors (Lipinski definition) is 10. The van der Waals surface area contributed by atoms with Gasteiger partial charge in [0.25, 0.3) is 0 Å². The van der Waals surface area contributed by atoms with Crippen LogP contribution in [0.25, 0.3) is 0 Å². The van der Waals surface area contributed by atoms with Gasteiger partial charge in [0.1, 0.15) is 24.4 Å². The van der Waals surface area contributed by atoms with Gasteiger partial charge in [-0.05, 0) is 89.9 Å². The van der Waals surface area contributed by atoms with Crippen molar-refractivity contribution < 1.29 is 49.3 Å². The van der Waals surface area contributed by atoms with E-state index in [9.17, 15) is 35.1 Å². The molecule has 1 saturated heterocycles.